The molecule has 0 bridgehead atoms. The molecule has 7 heteroatoms. The molecule has 1 atom stereocenters. The van der Waals surface area contributed by atoms with Crippen molar-refractivity contribution in [2.75, 3.05) is 0 Å². The molecule has 0 radical (unpaired) electrons. The summed E-state index contributed by atoms with van der Waals surface area (Å²) in [6.07, 6.45) is 4.02. The fraction of sp³-hybridized carbons (Fsp3) is 0.174. The van der Waals surface area contributed by atoms with E-state index >= 15 is 0 Å². The van der Waals surface area contributed by atoms with Crippen molar-refractivity contribution in [3.8, 4) is 5.75 Å². The van der Waals surface area contributed by atoms with E-state index in [-0.39, 0.29) is 11.2 Å². The number of rotatable bonds is 7. The van der Waals surface area contributed by atoms with Gasteiger partial charge >= 0.3 is 0 Å². The van der Waals surface area contributed by atoms with Crippen LogP contribution < -0.4 is 4.74 Å². The standard InChI is InChI=1S/C23H19ClN2O2S2/c24-19-9-3-1-8-18(19)15-28-20-10-4-2-7-17(20)12-21-22(27)26(23(29)30-21)14-16-6-5-11-25-13-16/h1-11,13,21H,12,14-15H2/t21-/m0/s1. The van der Waals surface area contributed by atoms with Crippen LogP contribution in [0.2, 0.25) is 5.02 Å². The number of thiocarbonyl (C=S) groups is 1. The molecule has 152 valence electrons. The van der Waals surface area contributed by atoms with Gasteiger partial charge in [0.05, 0.1) is 11.8 Å². The van der Waals surface area contributed by atoms with E-state index in [1.165, 1.54) is 11.8 Å². The lowest BCUT2D eigenvalue weighted by molar-refractivity contribution is -0.126. The lowest BCUT2D eigenvalue weighted by Crippen LogP contribution is -2.31. The number of thioether (sulfide) groups is 1. The highest BCUT2D eigenvalue weighted by atomic mass is 35.5. The summed E-state index contributed by atoms with van der Waals surface area (Å²) in [4.78, 5) is 18.8. The molecule has 4 nitrogen and oxygen atoms in total. The average Bonchev–Trinajstić information content (AvgIpc) is 3.02. The molecule has 1 fully saturated rings. The predicted octanol–water partition coefficient (Wildman–Crippen LogP) is 5.29. The molecule has 0 spiro atoms. The third-order valence-corrected chi connectivity index (χ3v) is 6.74. The minimum Gasteiger partial charge on any atom is -0.489 e. The third-order valence-electron chi connectivity index (χ3n) is 4.79. The molecular formula is C23H19ClN2O2S2. The van der Waals surface area contributed by atoms with Gasteiger partial charge in [-0.1, -0.05) is 78.0 Å². The topological polar surface area (TPSA) is 42.4 Å². The molecule has 0 saturated carbocycles. The molecule has 0 N–H and O–H groups in total. The number of para-hydroxylation sites is 1. The van der Waals surface area contributed by atoms with E-state index in [0.717, 1.165) is 22.4 Å². The smallest absolute Gasteiger partial charge is 0.242 e. The summed E-state index contributed by atoms with van der Waals surface area (Å²) in [5, 5.41) is 0.409. The third kappa shape index (κ3) is 4.83. The number of benzene rings is 2. The largest absolute Gasteiger partial charge is 0.489 e. The lowest BCUT2D eigenvalue weighted by atomic mass is 10.1. The molecule has 4 rings (SSSR count). The summed E-state index contributed by atoms with van der Waals surface area (Å²) < 4.78 is 6.64. The minimum atomic E-state index is -0.265. The minimum absolute atomic E-state index is 0.0229. The number of amides is 1. The van der Waals surface area contributed by atoms with Crippen molar-refractivity contribution in [3.05, 3.63) is 94.8 Å². The van der Waals surface area contributed by atoms with Crippen molar-refractivity contribution >= 4 is 45.8 Å². The van der Waals surface area contributed by atoms with E-state index in [0.29, 0.717) is 28.9 Å². The van der Waals surface area contributed by atoms with Gasteiger partial charge in [0.25, 0.3) is 0 Å². The Balaban J connectivity index is 1.45. The fourth-order valence-corrected chi connectivity index (χ4v) is 4.94. The molecule has 0 unspecified atom stereocenters. The van der Waals surface area contributed by atoms with Crippen molar-refractivity contribution in [2.24, 2.45) is 0 Å². The first-order chi connectivity index (χ1) is 14.6. The molecule has 30 heavy (non-hydrogen) atoms. The number of aromatic nitrogens is 1. The Kier molecular flexibility index (Phi) is 6.67. The van der Waals surface area contributed by atoms with Crippen molar-refractivity contribution in [3.63, 3.8) is 0 Å². The molecule has 3 aromatic rings. The maximum Gasteiger partial charge on any atom is 0.242 e. The van der Waals surface area contributed by atoms with Gasteiger partial charge in [0.2, 0.25) is 5.91 Å². The molecule has 1 aliphatic rings. The molecule has 1 aliphatic heterocycles. The maximum atomic E-state index is 13.0. The summed E-state index contributed by atoms with van der Waals surface area (Å²) in [5.74, 6) is 0.775. The SMILES string of the molecule is O=C1[C@H](Cc2ccccc2OCc2ccccc2Cl)SC(=S)N1Cc1cccnc1. The van der Waals surface area contributed by atoms with E-state index in [4.69, 9.17) is 28.6 Å². The second kappa shape index (κ2) is 9.60. The Hall–Kier alpha value is -2.41. The summed E-state index contributed by atoms with van der Waals surface area (Å²) >= 11 is 13.1. The van der Waals surface area contributed by atoms with Gasteiger partial charge in [0.1, 0.15) is 16.7 Å². The van der Waals surface area contributed by atoms with Crippen molar-refractivity contribution in [1.29, 1.82) is 0 Å². The van der Waals surface area contributed by atoms with Gasteiger partial charge in [-0.2, -0.15) is 0 Å². The Bertz CT molecular complexity index is 1060. The van der Waals surface area contributed by atoms with Gasteiger partial charge in [-0.3, -0.25) is 14.7 Å². The molecule has 2 heterocycles. The number of ether oxygens (including phenoxy) is 1. The van der Waals surface area contributed by atoms with Crippen LogP contribution in [0.4, 0.5) is 0 Å². The molecule has 1 saturated heterocycles. The van der Waals surface area contributed by atoms with Crippen LogP contribution in [-0.4, -0.2) is 25.4 Å². The van der Waals surface area contributed by atoms with Crippen molar-refractivity contribution in [2.45, 2.75) is 24.8 Å². The van der Waals surface area contributed by atoms with E-state index in [2.05, 4.69) is 4.98 Å². The highest BCUT2D eigenvalue weighted by Gasteiger charge is 2.37. The fourth-order valence-electron chi connectivity index (χ4n) is 3.23. The van der Waals surface area contributed by atoms with Gasteiger partial charge < -0.3 is 4.74 Å². The Morgan fingerprint density at radius 2 is 1.83 bits per heavy atom. The first-order valence-electron chi connectivity index (χ1n) is 9.47. The number of hydrogen-bond donors (Lipinski definition) is 0. The Labute approximate surface area is 190 Å². The van der Waals surface area contributed by atoms with E-state index in [9.17, 15) is 4.79 Å². The van der Waals surface area contributed by atoms with Crippen LogP contribution in [-0.2, 0) is 24.4 Å². The van der Waals surface area contributed by atoms with Crippen LogP contribution in [0, 0.1) is 0 Å². The number of carbonyl (C=O) groups excluding carboxylic acids is 1. The van der Waals surface area contributed by atoms with Gasteiger partial charge in [-0.15, -0.1) is 0 Å². The normalized spacial score (nSPS) is 16.2. The Morgan fingerprint density at radius 3 is 2.60 bits per heavy atom. The highest BCUT2D eigenvalue weighted by Crippen LogP contribution is 2.33. The zero-order valence-corrected chi connectivity index (χ0v) is 18.4. The number of halogens is 1. The van der Waals surface area contributed by atoms with Crippen LogP contribution in [0.5, 0.6) is 5.75 Å². The summed E-state index contributed by atoms with van der Waals surface area (Å²) in [5.41, 5.74) is 2.85. The van der Waals surface area contributed by atoms with Crippen LogP contribution in [0.25, 0.3) is 0 Å². The summed E-state index contributed by atoms with van der Waals surface area (Å²) in [6.45, 7) is 0.813. The molecule has 1 aromatic heterocycles. The Morgan fingerprint density at radius 1 is 1.07 bits per heavy atom. The van der Waals surface area contributed by atoms with Crippen LogP contribution in [0.15, 0.2) is 73.1 Å². The van der Waals surface area contributed by atoms with E-state index in [1.54, 1.807) is 17.3 Å². The number of hydrogen-bond acceptors (Lipinski definition) is 5. The second-order valence-corrected chi connectivity index (χ2v) is 9.09. The number of nitrogens with zero attached hydrogens (tertiary/aromatic N) is 2. The zero-order valence-electron chi connectivity index (χ0n) is 16.0. The quantitative estimate of drug-likeness (QED) is 0.454. The van der Waals surface area contributed by atoms with Gasteiger partial charge in [0.15, 0.2) is 0 Å². The average molecular weight is 455 g/mol. The van der Waals surface area contributed by atoms with Gasteiger partial charge in [-0.05, 0) is 35.7 Å². The van der Waals surface area contributed by atoms with Crippen molar-refractivity contribution < 1.29 is 9.53 Å². The monoisotopic (exact) mass is 454 g/mol. The second-order valence-electron chi connectivity index (χ2n) is 6.85. The zero-order chi connectivity index (χ0) is 20.9. The van der Waals surface area contributed by atoms with Crippen LogP contribution in [0.1, 0.15) is 16.7 Å². The van der Waals surface area contributed by atoms with Gasteiger partial charge in [0, 0.05) is 23.0 Å². The summed E-state index contributed by atoms with van der Waals surface area (Å²) in [7, 11) is 0. The molecule has 1 amide bonds. The molecule has 2 aromatic carbocycles. The highest BCUT2D eigenvalue weighted by molar-refractivity contribution is 8.24. The van der Waals surface area contributed by atoms with E-state index in [1.807, 2.05) is 60.7 Å². The first-order valence-corrected chi connectivity index (χ1v) is 11.1. The lowest BCUT2D eigenvalue weighted by Gasteiger charge is -2.16. The van der Waals surface area contributed by atoms with Crippen LogP contribution >= 0.6 is 35.6 Å². The summed E-state index contributed by atoms with van der Waals surface area (Å²) in [6, 6.07) is 19.2. The number of pyridine rings is 1. The molecular weight excluding hydrogens is 436 g/mol. The van der Waals surface area contributed by atoms with Crippen LogP contribution in [0.3, 0.4) is 0 Å². The number of carbonyl (C=O) groups is 1. The molecule has 0 aliphatic carbocycles. The maximum absolute atomic E-state index is 13.0. The van der Waals surface area contributed by atoms with E-state index < -0.39 is 0 Å². The van der Waals surface area contributed by atoms with Crippen molar-refractivity contribution in [1.82, 2.24) is 9.88 Å². The first kappa shape index (κ1) is 20.8. The van der Waals surface area contributed by atoms with Gasteiger partial charge in [-0.25, -0.2) is 0 Å². The predicted molar refractivity (Wildman–Crippen MR) is 125 cm³/mol.